The lowest BCUT2D eigenvalue weighted by Gasteiger charge is -2.36. The van der Waals surface area contributed by atoms with Gasteiger partial charge in [-0.3, -0.25) is 27.4 Å². The van der Waals surface area contributed by atoms with Crippen molar-refractivity contribution in [3.63, 3.8) is 0 Å². The zero-order chi connectivity index (χ0) is 46.2. The molecule has 0 aromatic carbocycles. The molecular formula is C47H82N2O14S2. The zero-order valence-corrected chi connectivity index (χ0v) is 41.2. The van der Waals surface area contributed by atoms with Crippen molar-refractivity contribution >= 4 is 35.6 Å². The first-order valence-corrected chi connectivity index (χ1v) is 26.8. The number of hydrogen-bond acceptors (Lipinski definition) is 15. The maximum atomic E-state index is 13.4. The van der Waals surface area contributed by atoms with Crippen LogP contribution in [-0.2, 0) is 61.9 Å². The Labute approximate surface area is 395 Å². The second kappa shape index (κ2) is 27.4. The number of hydroxylamine groups is 1. The fourth-order valence-corrected chi connectivity index (χ4v) is 12.1. The molecule has 0 aromatic heterocycles. The predicted octanol–water partition coefficient (Wildman–Crippen LogP) is 8.75. The van der Waals surface area contributed by atoms with E-state index in [2.05, 4.69) is 43.4 Å². The summed E-state index contributed by atoms with van der Waals surface area (Å²) in [6.45, 7) is 10.7. The Morgan fingerprint density at radius 1 is 0.631 bits per heavy atom. The van der Waals surface area contributed by atoms with Gasteiger partial charge in [-0.15, -0.1) is 4.33 Å². The van der Waals surface area contributed by atoms with Gasteiger partial charge in [-0.25, -0.2) is 9.78 Å². The lowest BCUT2D eigenvalue weighted by molar-refractivity contribution is -0.258. The highest BCUT2D eigenvalue weighted by atomic mass is 32.2. The minimum atomic E-state index is -1.78. The van der Waals surface area contributed by atoms with Gasteiger partial charge in [0.05, 0.1) is 74.9 Å². The average molecular weight is 963 g/mol. The molecular weight excluding hydrogens is 881 g/mol. The molecule has 0 spiro atoms. The number of carbonyl (C=O) groups is 2. The Kier molecular flexibility index (Phi) is 22.5. The molecule has 65 heavy (non-hydrogen) atoms. The smallest absolute Gasteiger partial charge is 0.307 e. The SMILES string of the molecule is CC1CCC(OOSOC2CCC(C(=O)NC3CCC(OCC(C)(C)COC4CCC(NOCC5CCC(OS(=O)OC6CCC(C)CC6)CC5COO)CC4)CC3)C(C(=O)O)C2)CC1. The van der Waals surface area contributed by atoms with Crippen LogP contribution < -0.4 is 10.8 Å². The predicted molar refractivity (Wildman–Crippen MR) is 244 cm³/mol. The topological polar surface area (TPSA) is 199 Å². The van der Waals surface area contributed by atoms with Gasteiger partial charge in [-0.1, -0.05) is 27.7 Å². The van der Waals surface area contributed by atoms with E-state index >= 15 is 0 Å². The molecule has 6 aliphatic carbocycles. The van der Waals surface area contributed by atoms with E-state index in [0.717, 1.165) is 128 Å². The third kappa shape index (κ3) is 18.4. The molecule has 6 fully saturated rings. The highest BCUT2D eigenvalue weighted by Crippen LogP contribution is 2.37. The van der Waals surface area contributed by atoms with Crippen molar-refractivity contribution < 1.29 is 65.1 Å². The molecule has 6 saturated carbocycles. The highest BCUT2D eigenvalue weighted by Gasteiger charge is 2.41. The number of ether oxygens (including phenoxy) is 2. The Hall–Kier alpha value is -1.000. The summed E-state index contributed by atoms with van der Waals surface area (Å²) in [5.74, 6) is -0.944. The molecule has 0 radical (unpaired) electrons. The number of rotatable bonds is 24. The first kappa shape index (κ1) is 53.4. The van der Waals surface area contributed by atoms with Crippen molar-refractivity contribution in [2.75, 3.05) is 26.4 Å². The number of nitrogens with one attached hydrogen (secondary N) is 2. The third-order valence-electron chi connectivity index (χ3n) is 15.2. The summed E-state index contributed by atoms with van der Waals surface area (Å²) >= 11 is -1.01. The molecule has 4 N–H and O–H groups in total. The summed E-state index contributed by atoms with van der Waals surface area (Å²) in [4.78, 5) is 41.7. The van der Waals surface area contributed by atoms with Crippen LogP contribution >= 0.6 is 12.3 Å². The molecule has 7 atom stereocenters. The van der Waals surface area contributed by atoms with Gasteiger partial charge in [0, 0.05) is 17.5 Å². The van der Waals surface area contributed by atoms with E-state index in [-0.39, 0.29) is 84.9 Å². The number of carboxylic acids is 1. The lowest BCUT2D eigenvalue weighted by Crippen LogP contribution is -2.47. The van der Waals surface area contributed by atoms with Gasteiger partial charge in [-0.05, 0) is 165 Å². The average Bonchev–Trinajstić information content (AvgIpc) is 3.29. The van der Waals surface area contributed by atoms with Gasteiger partial charge >= 0.3 is 17.3 Å². The summed E-state index contributed by atoms with van der Waals surface area (Å²) in [5, 5.41) is 22.5. The number of hydrogen-bond donors (Lipinski definition) is 4. The first-order valence-electron chi connectivity index (χ1n) is 25.1. The van der Waals surface area contributed by atoms with Crippen LogP contribution in [0.3, 0.4) is 0 Å². The third-order valence-corrected chi connectivity index (χ3v) is 16.6. The van der Waals surface area contributed by atoms with Crippen LogP contribution in [0.4, 0.5) is 0 Å². The molecule has 376 valence electrons. The number of carbonyl (C=O) groups excluding carboxylic acids is 1. The molecule has 0 aromatic rings. The normalized spacial score (nSPS) is 36.8. The molecule has 16 nitrogen and oxygen atoms in total. The van der Waals surface area contributed by atoms with Crippen molar-refractivity contribution in [3.8, 4) is 0 Å². The van der Waals surface area contributed by atoms with E-state index < -0.39 is 29.2 Å². The fraction of sp³-hybridized carbons (Fsp3) is 0.957. The van der Waals surface area contributed by atoms with Crippen molar-refractivity contribution in [1.82, 2.24) is 10.8 Å². The molecule has 6 rings (SSSR count). The van der Waals surface area contributed by atoms with Gasteiger partial charge in [0.1, 0.15) is 0 Å². The Balaban J connectivity index is 0.788. The standard InChI is InChI=1S/C47H82N2O14S2/c1-31-5-14-39(15-6-31)59-63-64-60-41-23-24-43(44(26-41)46(51)52)45(50)48-35-10-19-37(20-11-35)55-29-47(3,4)30-56-38-21-12-36(13-22-38)49-57-27-33-9-18-42(25-34(33)28-58-53)62-65(54)61-40-16-7-32(2)8-17-40/h31-44,49,53H,5-30H2,1-4H3,(H,48,50)(H,51,52). The maximum absolute atomic E-state index is 13.4. The number of carboxylic acid groups (broad SMARTS) is 1. The van der Waals surface area contributed by atoms with Crippen molar-refractivity contribution in [3.05, 3.63) is 0 Å². The van der Waals surface area contributed by atoms with E-state index in [1.165, 1.54) is 0 Å². The van der Waals surface area contributed by atoms with Gasteiger partial charge in [0.25, 0.3) is 0 Å². The van der Waals surface area contributed by atoms with Gasteiger partial charge in [0.15, 0.2) is 12.3 Å². The van der Waals surface area contributed by atoms with Gasteiger partial charge in [0.2, 0.25) is 5.91 Å². The summed E-state index contributed by atoms with van der Waals surface area (Å²) in [5.41, 5.74) is 3.14. The summed E-state index contributed by atoms with van der Waals surface area (Å²) in [7, 11) is 0. The molecule has 0 aliphatic heterocycles. The monoisotopic (exact) mass is 963 g/mol. The van der Waals surface area contributed by atoms with E-state index in [0.29, 0.717) is 50.9 Å². The summed E-state index contributed by atoms with van der Waals surface area (Å²) in [6.07, 6.45) is 18.5. The second-order valence-electron chi connectivity index (χ2n) is 21.4. The van der Waals surface area contributed by atoms with Crippen LogP contribution in [0.5, 0.6) is 0 Å². The summed E-state index contributed by atoms with van der Waals surface area (Å²) in [6, 6.07) is 0.252. The van der Waals surface area contributed by atoms with Crippen LogP contribution in [0, 0.1) is 40.9 Å². The minimum absolute atomic E-state index is 0.00779. The quantitative estimate of drug-likeness (QED) is 0.0310. The molecule has 1 amide bonds. The van der Waals surface area contributed by atoms with Crippen molar-refractivity contribution in [1.29, 1.82) is 0 Å². The van der Waals surface area contributed by atoms with Gasteiger partial charge in [-0.2, -0.15) is 9.69 Å². The summed E-state index contributed by atoms with van der Waals surface area (Å²) < 4.78 is 47.9. The molecule has 18 heteroatoms. The molecule has 6 aliphatic rings. The van der Waals surface area contributed by atoms with Crippen molar-refractivity contribution in [2.24, 2.45) is 40.9 Å². The van der Waals surface area contributed by atoms with E-state index in [1.54, 1.807) is 0 Å². The van der Waals surface area contributed by atoms with Crippen LogP contribution in [0.25, 0.3) is 0 Å². The van der Waals surface area contributed by atoms with E-state index in [9.17, 15) is 24.2 Å². The lowest BCUT2D eigenvalue weighted by atomic mass is 9.77. The van der Waals surface area contributed by atoms with Crippen LogP contribution in [-0.4, -0.2) is 102 Å². The van der Waals surface area contributed by atoms with Crippen LogP contribution in [0.15, 0.2) is 0 Å². The second-order valence-corrected chi connectivity index (χ2v) is 22.7. The Morgan fingerprint density at radius 2 is 1.18 bits per heavy atom. The first-order chi connectivity index (χ1) is 31.3. The Morgan fingerprint density at radius 3 is 1.80 bits per heavy atom. The number of amides is 1. The largest absolute Gasteiger partial charge is 0.481 e. The number of aliphatic carboxylic acids is 1. The minimum Gasteiger partial charge on any atom is -0.481 e. The van der Waals surface area contributed by atoms with Crippen LogP contribution in [0.1, 0.15) is 169 Å². The highest BCUT2D eigenvalue weighted by molar-refractivity contribution is 7.89. The fourth-order valence-electron chi connectivity index (χ4n) is 10.8. The van der Waals surface area contributed by atoms with Gasteiger partial charge < -0.3 is 24.7 Å². The van der Waals surface area contributed by atoms with E-state index in [4.69, 9.17) is 36.1 Å². The zero-order valence-electron chi connectivity index (χ0n) is 39.6. The van der Waals surface area contributed by atoms with E-state index in [1.807, 2.05) is 0 Å². The molecule has 0 saturated heterocycles. The molecule has 7 unspecified atom stereocenters. The van der Waals surface area contributed by atoms with Crippen LogP contribution in [0.2, 0.25) is 0 Å². The Bertz CT molecular complexity index is 1420. The molecule has 0 heterocycles. The van der Waals surface area contributed by atoms with Crippen molar-refractivity contribution in [2.45, 2.75) is 218 Å². The molecule has 0 bridgehead atoms. The maximum Gasteiger partial charge on any atom is 0.307 e.